The first-order valence-electron chi connectivity index (χ1n) is 6.08. The lowest BCUT2D eigenvalue weighted by molar-refractivity contribution is 0.318. The second-order valence-corrected chi connectivity index (χ2v) is 4.18. The van der Waals surface area contributed by atoms with Crippen molar-refractivity contribution in [1.82, 2.24) is 5.32 Å². The average Bonchev–Trinajstić information content (AvgIpc) is 2.43. The molecule has 0 saturated heterocycles. The number of amidine groups is 1. The SMILES string of the molecule is C#CC(CCC)NCc1ccc(F)cc1/C(N)=N/O. The van der Waals surface area contributed by atoms with Crippen molar-refractivity contribution < 1.29 is 9.60 Å². The van der Waals surface area contributed by atoms with E-state index in [0.29, 0.717) is 12.1 Å². The van der Waals surface area contributed by atoms with E-state index < -0.39 is 5.82 Å². The molecular formula is C14H18FN3O. The third kappa shape index (κ3) is 4.27. The number of benzene rings is 1. The number of terminal acetylenes is 1. The maximum Gasteiger partial charge on any atom is 0.170 e. The van der Waals surface area contributed by atoms with Crippen molar-refractivity contribution in [3.63, 3.8) is 0 Å². The number of halogens is 1. The van der Waals surface area contributed by atoms with Gasteiger partial charge >= 0.3 is 0 Å². The Balaban J connectivity index is 2.86. The van der Waals surface area contributed by atoms with Crippen LogP contribution in [0, 0.1) is 18.2 Å². The van der Waals surface area contributed by atoms with Crippen LogP contribution in [0.15, 0.2) is 23.4 Å². The fraction of sp³-hybridized carbons (Fsp3) is 0.357. The van der Waals surface area contributed by atoms with Crippen LogP contribution in [0.3, 0.4) is 0 Å². The Morgan fingerprint density at radius 2 is 2.37 bits per heavy atom. The molecule has 0 aliphatic carbocycles. The molecule has 5 heteroatoms. The summed E-state index contributed by atoms with van der Waals surface area (Å²) >= 11 is 0. The molecule has 1 aromatic carbocycles. The molecule has 102 valence electrons. The van der Waals surface area contributed by atoms with Crippen LogP contribution in [0.5, 0.6) is 0 Å². The Hall–Kier alpha value is -2.06. The molecule has 4 nitrogen and oxygen atoms in total. The minimum atomic E-state index is -0.438. The molecule has 1 rings (SSSR count). The zero-order valence-electron chi connectivity index (χ0n) is 10.9. The van der Waals surface area contributed by atoms with Crippen LogP contribution in [-0.2, 0) is 6.54 Å². The van der Waals surface area contributed by atoms with E-state index in [-0.39, 0.29) is 11.9 Å². The number of nitrogens with two attached hydrogens (primary N) is 1. The second-order valence-electron chi connectivity index (χ2n) is 4.18. The van der Waals surface area contributed by atoms with Crippen molar-refractivity contribution in [1.29, 1.82) is 0 Å². The predicted octanol–water partition coefficient (Wildman–Crippen LogP) is 1.81. The van der Waals surface area contributed by atoms with Gasteiger partial charge in [-0.25, -0.2) is 4.39 Å². The molecule has 0 aromatic heterocycles. The van der Waals surface area contributed by atoms with Gasteiger partial charge in [0.15, 0.2) is 5.84 Å². The number of hydrogen-bond donors (Lipinski definition) is 3. The predicted molar refractivity (Wildman–Crippen MR) is 73.3 cm³/mol. The highest BCUT2D eigenvalue weighted by Crippen LogP contribution is 2.12. The van der Waals surface area contributed by atoms with Gasteiger partial charge in [0.05, 0.1) is 6.04 Å². The number of nitrogens with one attached hydrogen (secondary N) is 1. The molecule has 0 spiro atoms. The van der Waals surface area contributed by atoms with Crippen molar-refractivity contribution in [2.45, 2.75) is 32.4 Å². The van der Waals surface area contributed by atoms with Crippen molar-refractivity contribution in [3.05, 3.63) is 35.1 Å². The minimum absolute atomic E-state index is 0.0461. The normalized spacial score (nSPS) is 13.0. The van der Waals surface area contributed by atoms with E-state index in [2.05, 4.69) is 16.4 Å². The van der Waals surface area contributed by atoms with Gasteiger partial charge in [-0.2, -0.15) is 0 Å². The van der Waals surface area contributed by atoms with E-state index >= 15 is 0 Å². The third-order valence-corrected chi connectivity index (χ3v) is 2.77. The van der Waals surface area contributed by atoms with Crippen molar-refractivity contribution in [2.24, 2.45) is 10.9 Å². The highest BCUT2D eigenvalue weighted by atomic mass is 19.1. The summed E-state index contributed by atoms with van der Waals surface area (Å²) < 4.78 is 13.2. The van der Waals surface area contributed by atoms with Crippen molar-refractivity contribution in [2.75, 3.05) is 0 Å². The van der Waals surface area contributed by atoms with E-state index in [9.17, 15) is 4.39 Å². The summed E-state index contributed by atoms with van der Waals surface area (Å²) in [7, 11) is 0. The van der Waals surface area contributed by atoms with E-state index in [1.54, 1.807) is 6.07 Å². The van der Waals surface area contributed by atoms with Gasteiger partial charge in [-0.15, -0.1) is 6.42 Å². The lowest BCUT2D eigenvalue weighted by atomic mass is 10.1. The largest absolute Gasteiger partial charge is 0.409 e. The zero-order valence-corrected chi connectivity index (χ0v) is 10.9. The number of rotatable bonds is 6. The molecule has 19 heavy (non-hydrogen) atoms. The molecule has 0 heterocycles. The molecule has 0 radical (unpaired) electrons. The number of nitrogens with zero attached hydrogens (tertiary/aromatic N) is 1. The van der Waals surface area contributed by atoms with Gasteiger partial charge in [-0.3, -0.25) is 5.32 Å². The Labute approximate surface area is 112 Å². The molecule has 0 saturated carbocycles. The first kappa shape index (κ1) is 15.0. The van der Waals surface area contributed by atoms with E-state index in [0.717, 1.165) is 18.4 Å². The van der Waals surface area contributed by atoms with Gasteiger partial charge < -0.3 is 10.9 Å². The summed E-state index contributed by atoms with van der Waals surface area (Å²) in [5.74, 6) is 2.09. The van der Waals surface area contributed by atoms with Crippen LogP contribution < -0.4 is 11.1 Å². The fourth-order valence-corrected chi connectivity index (χ4v) is 1.76. The van der Waals surface area contributed by atoms with Gasteiger partial charge in [0.1, 0.15) is 5.82 Å². The Kier molecular flexibility index (Phi) is 5.83. The molecule has 0 bridgehead atoms. The standard InChI is InChI=1S/C14H18FN3O/c1-3-5-12(4-2)17-9-10-6-7-11(15)8-13(10)14(16)18-19/h2,6-8,12,17,19H,3,5,9H2,1H3,(H2,16,18). The highest BCUT2D eigenvalue weighted by Gasteiger charge is 2.10. The summed E-state index contributed by atoms with van der Waals surface area (Å²) in [6.07, 6.45) is 7.24. The monoisotopic (exact) mass is 263 g/mol. The fourth-order valence-electron chi connectivity index (χ4n) is 1.76. The van der Waals surface area contributed by atoms with E-state index in [1.165, 1.54) is 12.1 Å². The Bertz CT molecular complexity index is 494. The minimum Gasteiger partial charge on any atom is -0.409 e. The lowest BCUT2D eigenvalue weighted by Gasteiger charge is -2.14. The molecular weight excluding hydrogens is 245 g/mol. The topological polar surface area (TPSA) is 70.6 Å². The first-order chi connectivity index (χ1) is 9.12. The lowest BCUT2D eigenvalue weighted by Crippen LogP contribution is -2.28. The maximum atomic E-state index is 13.2. The van der Waals surface area contributed by atoms with Gasteiger partial charge in [0, 0.05) is 12.1 Å². The third-order valence-electron chi connectivity index (χ3n) is 2.77. The van der Waals surface area contributed by atoms with Crippen molar-refractivity contribution >= 4 is 5.84 Å². The van der Waals surface area contributed by atoms with Crippen LogP contribution in [0.25, 0.3) is 0 Å². The van der Waals surface area contributed by atoms with Crippen molar-refractivity contribution in [3.8, 4) is 12.3 Å². The Morgan fingerprint density at radius 3 is 2.95 bits per heavy atom. The quantitative estimate of drug-likeness (QED) is 0.241. The molecule has 1 aromatic rings. The van der Waals surface area contributed by atoms with Gasteiger partial charge in [-0.05, 0) is 24.1 Å². The summed E-state index contributed by atoms with van der Waals surface area (Å²) in [4.78, 5) is 0. The summed E-state index contributed by atoms with van der Waals surface area (Å²) in [5.41, 5.74) is 6.62. The first-order valence-corrected chi connectivity index (χ1v) is 6.08. The molecule has 0 aliphatic rings. The summed E-state index contributed by atoms with van der Waals surface area (Å²) in [6.45, 7) is 2.48. The van der Waals surface area contributed by atoms with Gasteiger partial charge in [0.2, 0.25) is 0 Å². The van der Waals surface area contributed by atoms with Crippen LogP contribution in [-0.4, -0.2) is 17.1 Å². The molecule has 0 fully saturated rings. The van der Waals surface area contributed by atoms with Crippen LogP contribution in [0.4, 0.5) is 4.39 Å². The average molecular weight is 263 g/mol. The van der Waals surface area contributed by atoms with Gasteiger partial charge in [0.25, 0.3) is 0 Å². The van der Waals surface area contributed by atoms with Crippen LogP contribution in [0.2, 0.25) is 0 Å². The number of hydrogen-bond acceptors (Lipinski definition) is 3. The molecule has 4 N–H and O–H groups in total. The number of oxime groups is 1. The molecule has 0 amide bonds. The summed E-state index contributed by atoms with van der Waals surface area (Å²) in [5, 5.41) is 14.8. The molecule has 0 aliphatic heterocycles. The zero-order chi connectivity index (χ0) is 14.3. The van der Waals surface area contributed by atoms with Gasteiger partial charge in [-0.1, -0.05) is 30.5 Å². The molecule has 1 atom stereocenters. The smallest absolute Gasteiger partial charge is 0.170 e. The Morgan fingerprint density at radius 1 is 1.63 bits per heavy atom. The summed E-state index contributed by atoms with van der Waals surface area (Å²) in [6, 6.07) is 4.11. The highest BCUT2D eigenvalue weighted by molar-refractivity contribution is 5.98. The van der Waals surface area contributed by atoms with E-state index in [1.807, 2.05) is 6.92 Å². The van der Waals surface area contributed by atoms with Crippen LogP contribution in [0.1, 0.15) is 30.9 Å². The van der Waals surface area contributed by atoms with Crippen LogP contribution >= 0.6 is 0 Å². The second kappa shape index (κ2) is 7.39. The molecule has 1 unspecified atom stereocenters. The van der Waals surface area contributed by atoms with E-state index in [4.69, 9.17) is 17.4 Å². The maximum absolute atomic E-state index is 13.2.